The van der Waals surface area contributed by atoms with Crippen molar-refractivity contribution >= 4 is 51.6 Å². The molecule has 2 aromatic heterocycles. The zero-order chi connectivity index (χ0) is 25.8. The van der Waals surface area contributed by atoms with E-state index in [4.69, 9.17) is 21.1 Å². The highest BCUT2D eigenvalue weighted by molar-refractivity contribution is 7.99. The van der Waals surface area contributed by atoms with Gasteiger partial charge in [-0.1, -0.05) is 29.4 Å². The summed E-state index contributed by atoms with van der Waals surface area (Å²) in [6.45, 7) is 5.80. The van der Waals surface area contributed by atoms with Gasteiger partial charge in [0.15, 0.2) is 11.0 Å². The number of fused-ring (bicyclic) bond motifs is 1. The topological polar surface area (TPSA) is 95.3 Å². The molecule has 3 aromatic rings. The van der Waals surface area contributed by atoms with Crippen molar-refractivity contribution < 1.29 is 19.1 Å². The molecule has 1 N–H and O–H groups in total. The van der Waals surface area contributed by atoms with E-state index in [0.29, 0.717) is 32.3 Å². The van der Waals surface area contributed by atoms with E-state index in [1.54, 1.807) is 10.6 Å². The largest absolute Gasteiger partial charge is 0.484 e. The lowest BCUT2D eigenvalue weighted by Gasteiger charge is -2.14. The highest BCUT2D eigenvalue weighted by Crippen LogP contribution is 2.39. The van der Waals surface area contributed by atoms with Gasteiger partial charge in [0.1, 0.15) is 17.4 Å². The molecule has 4 rings (SSSR count). The number of thioether (sulfide) groups is 1. The lowest BCUT2D eigenvalue weighted by atomic mass is 9.95. The van der Waals surface area contributed by atoms with Crippen LogP contribution in [-0.4, -0.2) is 38.5 Å². The Morgan fingerprint density at radius 1 is 1.25 bits per heavy atom. The molecule has 0 atom stereocenters. The minimum absolute atomic E-state index is 0.123. The van der Waals surface area contributed by atoms with Gasteiger partial charge in [0, 0.05) is 11.9 Å². The maximum absolute atomic E-state index is 12.8. The van der Waals surface area contributed by atoms with Crippen LogP contribution in [0.5, 0.6) is 5.75 Å². The molecule has 8 nitrogen and oxygen atoms in total. The summed E-state index contributed by atoms with van der Waals surface area (Å²) in [4.78, 5) is 26.8. The van der Waals surface area contributed by atoms with Gasteiger partial charge < -0.3 is 19.4 Å². The van der Waals surface area contributed by atoms with Gasteiger partial charge >= 0.3 is 5.97 Å². The Bertz CT molecular complexity index is 1270. The van der Waals surface area contributed by atoms with E-state index in [1.165, 1.54) is 23.1 Å². The number of hydrogen-bond acceptors (Lipinski definition) is 8. The number of ether oxygens (including phenoxy) is 2. The molecular weight excluding hydrogens is 520 g/mol. The molecule has 11 heteroatoms. The van der Waals surface area contributed by atoms with Gasteiger partial charge in [0.2, 0.25) is 5.91 Å². The average molecular weight is 549 g/mol. The minimum atomic E-state index is -0.376. The highest BCUT2D eigenvalue weighted by atomic mass is 35.5. The molecule has 192 valence electrons. The summed E-state index contributed by atoms with van der Waals surface area (Å²) >= 11 is 8.95. The zero-order valence-electron chi connectivity index (χ0n) is 20.7. The number of carbonyl (C=O) groups excluding carboxylic acids is 2. The molecule has 1 amide bonds. The Balaban J connectivity index is 1.39. The molecule has 2 heterocycles. The van der Waals surface area contributed by atoms with Crippen molar-refractivity contribution in [2.24, 2.45) is 7.05 Å². The maximum Gasteiger partial charge on any atom is 0.341 e. The summed E-state index contributed by atoms with van der Waals surface area (Å²) in [5.74, 6) is 0.722. The number of amides is 1. The Kier molecular flexibility index (Phi) is 8.58. The molecule has 0 aliphatic heterocycles. The van der Waals surface area contributed by atoms with Gasteiger partial charge in [-0.15, -0.1) is 21.5 Å². The second-order valence-corrected chi connectivity index (χ2v) is 11.3. The number of benzene rings is 1. The van der Waals surface area contributed by atoms with Gasteiger partial charge in [-0.2, -0.15) is 0 Å². The summed E-state index contributed by atoms with van der Waals surface area (Å²) in [7, 11) is 1.82. The zero-order valence-corrected chi connectivity index (χ0v) is 23.1. The predicted molar refractivity (Wildman–Crippen MR) is 142 cm³/mol. The number of anilines is 1. The van der Waals surface area contributed by atoms with E-state index < -0.39 is 0 Å². The molecule has 0 saturated heterocycles. The molecular formula is C25H29ClN4O4S2. The summed E-state index contributed by atoms with van der Waals surface area (Å²) < 4.78 is 13.1. The Hall–Kier alpha value is -2.56. The quantitative estimate of drug-likeness (QED) is 0.275. The number of aromatic nitrogens is 3. The summed E-state index contributed by atoms with van der Waals surface area (Å²) in [6.07, 6.45) is 3.64. The van der Waals surface area contributed by atoms with Gasteiger partial charge in [-0.05, 0) is 69.7 Å². The van der Waals surface area contributed by atoms with Crippen molar-refractivity contribution in [2.45, 2.75) is 64.3 Å². The lowest BCUT2D eigenvalue weighted by Crippen LogP contribution is -2.19. The molecule has 0 radical (unpaired) electrons. The van der Waals surface area contributed by atoms with Crippen molar-refractivity contribution in [3.63, 3.8) is 0 Å². The first-order chi connectivity index (χ1) is 17.2. The number of carbonyl (C=O) groups is 2. The van der Waals surface area contributed by atoms with E-state index in [-0.39, 0.29) is 30.3 Å². The van der Waals surface area contributed by atoms with Crippen LogP contribution in [0.3, 0.4) is 0 Å². The van der Waals surface area contributed by atoms with Crippen molar-refractivity contribution in [2.75, 3.05) is 11.1 Å². The van der Waals surface area contributed by atoms with Crippen molar-refractivity contribution in [1.82, 2.24) is 14.8 Å². The molecule has 0 spiro atoms. The third-order valence-electron chi connectivity index (χ3n) is 5.67. The van der Waals surface area contributed by atoms with E-state index in [2.05, 4.69) is 15.5 Å². The molecule has 1 aromatic carbocycles. The average Bonchev–Trinajstić information content (AvgIpc) is 3.37. The number of esters is 1. The summed E-state index contributed by atoms with van der Waals surface area (Å²) in [5, 5.41) is 13.0. The number of hydrogen-bond donors (Lipinski definition) is 1. The highest BCUT2D eigenvalue weighted by Gasteiger charge is 2.28. The monoisotopic (exact) mass is 548 g/mol. The van der Waals surface area contributed by atoms with Gasteiger partial charge in [-0.3, -0.25) is 4.79 Å². The van der Waals surface area contributed by atoms with Gasteiger partial charge in [0.05, 0.1) is 22.4 Å². The normalized spacial score (nSPS) is 12.9. The molecule has 0 unspecified atom stereocenters. The first-order valence-electron chi connectivity index (χ1n) is 11.8. The minimum Gasteiger partial charge on any atom is -0.484 e. The Labute approximate surface area is 223 Å². The smallest absolute Gasteiger partial charge is 0.341 e. The summed E-state index contributed by atoms with van der Waals surface area (Å²) in [6, 6.07) is 5.58. The Morgan fingerprint density at radius 2 is 2.03 bits per heavy atom. The molecule has 0 saturated carbocycles. The number of nitrogens with one attached hydrogen (secondary N) is 1. The second-order valence-electron chi connectivity index (χ2n) is 8.89. The maximum atomic E-state index is 12.8. The molecule has 0 fully saturated rings. The van der Waals surface area contributed by atoms with Crippen molar-refractivity contribution in [1.29, 1.82) is 0 Å². The van der Waals surface area contributed by atoms with Crippen LogP contribution in [0.2, 0.25) is 5.02 Å². The van der Waals surface area contributed by atoms with E-state index >= 15 is 0 Å². The summed E-state index contributed by atoms with van der Waals surface area (Å²) in [5.41, 5.74) is 2.57. The first kappa shape index (κ1) is 26.5. The fourth-order valence-electron chi connectivity index (χ4n) is 3.90. The number of nitrogens with zero attached hydrogens (tertiary/aromatic N) is 3. The van der Waals surface area contributed by atoms with Gasteiger partial charge in [0.25, 0.3) is 0 Å². The van der Waals surface area contributed by atoms with Crippen LogP contribution < -0.4 is 10.1 Å². The van der Waals surface area contributed by atoms with E-state index in [1.807, 2.05) is 40.0 Å². The number of rotatable bonds is 9. The fourth-order valence-corrected chi connectivity index (χ4v) is 6.09. The van der Waals surface area contributed by atoms with Crippen LogP contribution in [0.15, 0.2) is 23.4 Å². The van der Waals surface area contributed by atoms with E-state index in [9.17, 15) is 9.59 Å². The van der Waals surface area contributed by atoms with Crippen LogP contribution in [0.1, 0.15) is 58.9 Å². The second kappa shape index (κ2) is 11.7. The van der Waals surface area contributed by atoms with Crippen LogP contribution >= 0.6 is 34.7 Å². The first-order valence-corrected chi connectivity index (χ1v) is 14.0. The van der Waals surface area contributed by atoms with Crippen molar-refractivity contribution in [3.05, 3.63) is 50.6 Å². The van der Waals surface area contributed by atoms with Crippen LogP contribution in [-0.2, 0) is 36.0 Å². The van der Waals surface area contributed by atoms with Crippen LogP contribution in [0.25, 0.3) is 0 Å². The Morgan fingerprint density at radius 3 is 2.81 bits per heavy atom. The van der Waals surface area contributed by atoms with Crippen molar-refractivity contribution in [3.8, 4) is 5.75 Å². The van der Waals surface area contributed by atoms with Crippen LogP contribution in [0, 0.1) is 6.92 Å². The molecule has 1 aliphatic carbocycles. The molecule has 1 aliphatic rings. The fraction of sp³-hybridized carbons (Fsp3) is 0.440. The van der Waals surface area contributed by atoms with Crippen LogP contribution in [0.4, 0.5) is 5.00 Å². The number of thiophene rings is 1. The van der Waals surface area contributed by atoms with E-state index in [0.717, 1.165) is 41.7 Å². The SMILES string of the molecule is Cc1ccc(Cl)c(OCc2nnc(SCC(=O)Nc3sc4c(c3C(=O)OC(C)C)CCCC4)n2C)c1. The van der Waals surface area contributed by atoms with Gasteiger partial charge in [-0.25, -0.2) is 4.79 Å². The molecule has 36 heavy (non-hydrogen) atoms. The third-order valence-corrected chi connectivity index (χ3v) is 8.21. The lowest BCUT2D eigenvalue weighted by molar-refractivity contribution is -0.113. The number of aryl methyl sites for hydroxylation is 2. The standard InChI is InChI=1S/C25H29ClN4O4S2/c1-14(2)34-24(32)22-16-7-5-6-8-19(16)36-23(22)27-21(31)13-35-25-29-28-20(30(25)4)12-33-18-11-15(3)9-10-17(18)26/h9-11,14H,5-8,12-13H2,1-4H3,(H,27,31). The molecule has 0 bridgehead atoms. The third kappa shape index (κ3) is 6.22. The predicted octanol–water partition coefficient (Wildman–Crippen LogP) is 5.59. The number of halogens is 1.